The van der Waals surface area contributed by atoms with Crippen molar-refractivity contribution in [3.63, 3.8) is 0 Å². The third kappa shape index (κ3) is 2.43. The van der Waals surface area contributed by atoms with E-state index in [1.807, 2.05) is 0 Å². The number of hydrogen-bond acceptors (Lipinski definition) is 2. The van der Waals surface area contributed by atoms with Gasteiger partial charge in [-0.2, -0.15) is 9.34 Å². The first-order valence-corrected chi connectivity index (χ1v) is 7.72. The van der Waals surface area contributed by atoms with Crippen LogP contribution < -0.4 is 0 Å². The molecule has 3 heteroatoms. The van der Waals surface area contributed by atoms with Crippen LogP contribution in [0, 0.1) is 0 Å². The van der Waals surface area contributed by atoms with Gasteiger partial charge in [-0.25, -0.2) is 0 Å². The Morgan fingerprint density at radius 3 is 2.15 bits per heavy atom. The molecule has 0 aliphatic carbocycles. The molecule has 1 aliphatic heterocycles. The van der Waals surface area contributed by atoms with Crippen LogP contribution in [0.3, 0.4) is 0 Å². The summed E-state index contributed by atoms with van der Waals surface area (Å²) in [5.74, 6) is 0. The lowest BCUT2D eigenvalue weighted by atomic mass is 10.4. The summed E-state index contributed by atoms with van der Waals surface area (Å²) in [6.07, 6.45) is 5.47. The molecular weight excluding hydrogens is 179 g/mol. The first kappa shape index (κ1) is 11.4. The molecule has 1 aliphatic rings. The highest BCUT2D eigenvalue weighted by Gasteiger charge is 2.43. The Morgan fingerprint density at radius 2 is 1.69 bits per heavy atom. The number of hydrogen-bond donors (Lipinski definition) is 0. The summed E-state index contributed by atoms with van der Waals surface area (Å²) in [4.78, 5) is 0. The molecule has 0 spiro atoms. The van der Waals surface area contributed by atoms with Gasteiger partial charge in [-0.05, 0) is 12.8 Å². The van der Waals surface area contributed by atoms with Crippen molar-refractivity contribution in [1.82, 2.24) is 9.34 Å². The Kier molecular flexibility index (Phi) is 4.15. The summed E-state index contributed by atoms with van der Waals surface area (Å²) in [6, 6.07) is 0. The van der Waals surface area contributed by atoms with Gasteiger partial charge in [-0.3, -0.25) is 0 Å². The van der Waals surface area contributed by atoms with Crippen LogP contribution in [0.25, 0.3) is 0 Å². The molecule has 1 fully saturated rings. The van der Waals surface area contributed by atoms with Gasteiger partial charge in [0.05, 0.1) is 12.8 Å². The van der Waals surface area contributed by atoms with E-state index < -0.39 is 7.56 Å². The van der Waals surface area contributed by atoms with Crippen LogP contribution in [-0.4, -0.2) is 49.4 Å². The summed E-state index contributed by atoms with van der Waals surface area (Å²) >= 11 is 0. The van der Waals surface area contributed by atoms with Gasteiger partial charge in [-0.15, -0.1) is 0 Å². The molecule has 13 heavy (non-hydrogen) atoms. The van der Waals surface area contributed by atoms with Crippen molar-refractivity contribution in [3.05, 3.63) is 0 Å². The van der Waals surface area contributed by atoms with Crippen molar-refractivity contribution < 1.29 is 0 Å². The SMILES string of the molecule is CCCC[P+]1(C)N(C)CCCN1C. The zero-order valence-corrected chi connectivity index (χ0v) is 10.5. The normalized spacial score (nSPS) is 24.9. The average Bonchev–Trinajstić information content (AvgIpc) is 2.11. The minimum absolute atomic E-state index is 0.895. The number of nitrogens with zero attached hydrogens (tertiary/aromatic N) is 2. The summed E-state index contributed by atoms with van der Waals surface area (Å²) in [7, 11) is 3.71. The van der Waals surface area contributed by atoms with E-state index in [0.29, 0.717) is 0 Å². The van der Waals surface area contributed by atoms with Gasteiger partial charge in [0.25, 0.3) is 0 Å². The van der Waals surface area contributed by atoms with Crippen molar-refractivity contribution in [3.8, 4) is 0 Å². The number of rotatable bonds is 3. The highest BCUT2D eigenvalue weighted by Crippen LogP contribution is 2.62. The maximum atomic E-state index is 2.62. The van der Waals surface area contributed by atoms with E-state index in [2.05, 4.69) is 37.0 Å². The van der Waals surface area contributed by atoms with Crippen LogP contribution in [0.4, 0.5) is 0 Å². The Bertz CT molecular complexity index is 151. The maximum Gasteiger partial charge on any atom is 0.149 e. The monoisotopic (exact) mass is 203 g/mol. The second-order valence-electron chi connectivity index (χ2n) is 4.28. The molecule has 2 nitrogen and oxygen atoms in total. The van der Waals surface area contributed by atoms with E-state index in [-0.39, 0.29) is 0 Å². The van der Waals surface area contributed by atoms with Crippen LogP contribution in [0.1, 0.15) is 26.2 Å². The molecule has 0 atom stereocenters. The van der Waals surface area contributed by atoms with E-state index in [1.165, 1.54) is 38.5 Å². The quantitative estimate of drug-likeness (QED) is 0.650. The molecule has 0 saturated carbocycles. The molecule has 0 radical (unpaired) electrons. The molecule has 0 amide bonds. The summed E-state index contributed by atoms with van der Waals surface area (Å²) in [6.45, 7) is 7.38. The molecule has 0 aromatic heterocycles. The average molecular weight is 203 g/mol. The highest BCUT2D eigenvalue weighted by atomic mass is 31.2. The topological polar surface area (TPSA) is 6.48 Å². The zero-order chi connectivity index (χ0) is 9.90. The Hall–Kier alpha value is 0.350. The Labute approximate surface area is 83.7 Å². The van der Waals surface area contributed by atoms with Gasteiger partial charge >= 0.3 is 0 Å². The lowest BCUT2D eigenvalue weighted by Gasteiger charge is -2.41. The van der Waals surface area contributed by atoms with E-state index in [1.54, 1.807) is 0 Å². The lowest BCUT2D eigenvalue weighted by Crippen LogP contribution is -2.39. The molecule has 0 N–H and O–H groups in total. The van der Waals surface area contributed by atoms with Crippen molar-refractivity contribution in [2.24, 2.45) is 0 Å². The van der Waals surface area contributed by atoms with Gasteiger partial charge < -0.3 is 0 Å². The highest BCUT2D eigenvalue weighted by molar-refractivity contribution is 7.70. The fraction of sp³-hybridized carbons (Fsp3) is 1.00. The predicted octanol–water partition coefficient (Wildman–Crippen LogP) is 2.53. The van der Waals surface area contributed by atoms with Gasteiger partial charge in [0.2, 0.25) is 0 Å². The largest absolute Gasteiger partial charge is 0.167 e. The van der Waals surface area contributed by atoms with Crippen LogP contribution in [0.2, 0.25) is 0 Å². The Morgan fingerprint density at radius 1 is 1.15 bits per heavy atom. The Balaban J connectivity index is 2.58. The summed E-state index contributed by atoms with van der Waals surface area (Å²) in [5, 5.41) is 0. The molecule has 0 bridgehead atoms. The second kappa shape index (κ2) is 4.72. The standard InChI is InChI=1S/C10H24N2P/c1-5-6-10-13(4)11(2)8-7-9-12(13)3/h5-10H2,1-4H3/q+1. The van der Waals surface area contributed by atoms with Crippen molar-refractivity contribution >= 4 is 7.56 Å². The van der Waals surface area contributed by atoms with E-state index in [9.17, 15) is 0 Å². The molecule has 1 rings (SSSR count). The third-order valence-corrected chi connectivity index (χ3v) is 7.88. The van der Waals surface area contributed by atoms with Crippen molar-refractivity contribution in [2.45, 2.75) is 26.2 Å². The molecule has 0 aromatic rings. The van der Waals surface area contributed by atoms with Crippen LogP contribution in [0.5, 0.6) is 0 Å². The van der Waals surface area contributed by atoms with E-state index in [0.717, 1.165) is 0 Å². The lowest BCUT2D eigenvalue weighted by molar-refractivity contribution is 0.370. The van der Waals surface area contributed by atoms with Gasteiger partial charge in [0, 0.05) is 27.2 Å². The minimum Gasteiger partial charge on any atom is -0.167 e. The maximum absolute atomic E-state index is 2.62. The minimum atomic E-state index is -0.895. The summed E-state index contributed by atoms with van der Waals surface area (Å²) in [5.41, 5.74) is 0. The first-order valence-electron chi connectivity index (χ1n) is 5.40. The molecule has 0 aromatic carbocycles. The second-order valence-corrected chi connectivity index (χ2v) is 8.27. The first-order chi connectivity index (χ1) is 6.11. The fourth-order valence-corrected chi connectivity index (χ4v) is 5.28. The van der Waals surface area contributed by atoms with Crippen LogP contribution in [0.15, 0.2) is 0 Å². The zero-order valence-electron chi connectivity index (χ0n) is 9.58. The van der Waals surface area contributed by atoms with Crippen molar-refractivity contribution in [2.75, 3.05) is 40.0 Å². The van der Waals surface area contributed by atoms with Gasteiger partial charge in [0.1, 0.15) is 7.56 Å². The fourth-order valence-electron chi connectivity index (χ4n) is 2.02. The van der Waals surface area contributed by atoms with Crippen molar-refractivity contribution in [1.29, 1.82) is 0 Å². The predicted molar refractivity (Wildman–Crippen MR) is 62.5 cm³/mol. The van der Waals surface area contributed by atoms with Crippen LogP contribution >= 0.6 is 7.56 Å². The smallest absolute Gasteiger partial charge is 0.149 e. The molecule has 1 heterocycles. The van der Waals surface area contributed by atoms with Gasteiger partial charge in [-0.1, -0.05) is 13.3 Å². The van der Waals surface area contributed by atoms with Crippen LogP contribution in [-0.2, 0) is 0 Å². The van der Waals surface area contributed by atoms with E-state index >= 15 is 0 Å². The third-order valence-electron chi connectivity index (χ3n) is 3.37. The van der Waals surface area contributed by atoms with Gasteiger partial charge in [0.15, 0.2) is 0 Å². The molecule has 78 valence electrons. The molecular formula is C10H24N2P+. The molecule has 0 unspecified atom stereocenters. The van der Waals surface area contributed by atoms with E-state index in [4.69, 9.17) is 0 Å². The number of unbranched alkanes of at least 4 members (excludes halogenated alkanes) is 1. The summed E-state index contributed by atoms with van der Waals surface area (Å²) < 4.78 is 5.23. The molecule has 1 saturated heterocycles.